The van der Waals surface area contributed by atoms with Crippen molar-refractivity contribution in [2.24, 2.45) is 0 Å². The predicted molar refractivity (Wildman–Crippen MR) is 100 cm³/mol. The monoisotopic (exact) mass is 380 g/mol. The van der Waals surface area contributed by atoms with Gasteiger partial charge in [0, 0.05) is 21.4 Å². The van der Waals surface area contributed by atoms with E-state index in [2.05, 4.69) is 10.6 Å². The Hall–Kier alpha value is -2.08. The topological polar surface area (TPSA) is 67.4 Å². The van der Waals surface area contributed by atoms with Gasteiger partial charge in [0.05, 0.1) is 0 Å². The molecule has 132 valence electrons. The normalized spacial score (nSPS) is 10.4. The molecule has 0 atom stereocenters. The molecule has 0 aliphatic rings. The molecule has 2 rings (SSSR count). The molecule has 2 amide bonds. The van der Waals surface area contributed by atoms with Crippen molar-refractivity contribution in [3.63, 3.8) is 0 Å². The molecule has 0 saturated heterocycles. The van der Waals surface area contributed by atoms with Crippen LogP contribution in [-0.4, -0.2) is 25.0 Å². The van der Waals surface area contributed by atoms with Gasteiger partial charge in [0.15, 0.2) is 0 Å². The number of ether oxygens (including phenoxy) is 1. The smallest absolute Gasteiger partial charge is 0.250 e. The van der Waals surface area contributed by atoms with Crippen LogP contribution in [0.4, 0.5) is 11.4 Å². The maximum Gasteiger partial charge on any atom is 0.250 e. The third-order valence-corrected chi connectivity index (χ3v) is 3.86. The van der Waals surface area contributed by atoms with Crippen LogP contribution in [0.3, 0.4) is 0 Å². The number of amides is 2. The first-order chi connectivity index (χ1) is 11.8. The first kappa shape index (κ1) is 19.2. The summed E-state index contributed by atoms with van der Waals surface area (Å²) in [5, 5.41) is 6.61. The Morgan fingerprint density at radius 1 is 0.840 bits per heavy atom. The quantitative estimate of drug-likeness (QED) is 0.788. The highest BCUT2D eigenvalue weighted by molar-refractivity contribution is 6.31. The number of carbonyl (C=O) groups is 2. The third kappa shape index (κ3) is 6.05. The second-order valence-electron chi connectivity index (χ2n) is 5.51. The maximum absolute atomic E-state index is 11.9. The van der Waals surface area contributed by atoms with Crippen molar-refractivity contribution < 1.29 is 14.3 Å². The van der Waals surface area contributed by atoms with Gasteiger partial charge < -0.3 is 15.4 Å². The van der Waals surface area contributed by atoms with Crippen LogP contribution in [0.15, 0.2) is 36.4 Å². The van der Waals surface area contributed by atoms with Gasteiger partial charge in [-0.05, 0) is 61.4 Å². The molecule has 7 heteroatoms. The summed E-state index contributed by atoms with van der Waals surface area (Å²) in [6.07, 6.45) is 0. The molecule has 0 saturated carbocycles. The number of hydrogen-bond acceptors (Lipinski definition) is 3. The molecular weight excluding hydrogens is 363 g/mol. The predicted octanol–water partition coefficient (Wildman–Crippen LogP) is 4.20. The Balaban J connectivity index is 1.77. The molecule has 0 aliphatic carbocycles. The van der Waals surface area contributed by atoms with Crippen molar-refractivity contribution in [2.45, 2.75) is 13.8 Å². The van der Waals surface area contributed by atoms with Crippen LogP contribution in [0, 0.1) is 13.8 Å². The molecule has 0 radical (unpaired) electrons. The number of benzene rings is 2. The van der Waals surface area contributed by atoms with E-state index in [0.29, 0.717) is 21.4 Å². The van der Waals surface area contributed by atoms with Crippen molar-refractivity contribution in [1.29, 1.82) is 0 Å². The summed E-state index contributed by atoms with van der Waals surface area (Å²) in [5.41, 5.74) is 2.99. The largest absolute Gasteiger partial charge is 0.362 e. The molecule has 0 aliphatic heterocycles. The molecule has 5 nitrogen and oxygen atoms in total. The summed E-state index contributed by atoms with van der Waals surface area (Å²) in [5.74, 6) is -0.693. The zero-order valence-electron chi connectivity index (χ0n) is 13.9. The van der Waals surface area contributed by atoms with Crippen molar-refractivity contribution in [3.05, 3.63) is 57.6 Å². The molecule has 0 unspecified atom stereocenters. The molecule has 0 bridgehead atoms. The second kappa shape index (κ2) is 8.85. The number of hydrogen-bond donors (Lipinski definition) is 2. The molecule has 2 N–H and O–H groups in total. The highest BCUT2D eigenvalue weighted by Crippen LogP contribution is 2.20. The van der Waals surface area contributed by atoms with E-state index in [4.69, 9.17) is 27.9 Å². The van der Waals surface area contributed by atoms with Gasteiger partial charge in [0.2, 0.25) is 11.8 Å². The minimum Gasteiger partial charge on any atom is -0.362 e. The summed E-state index contributed by atoms with van der Waals surface area (Å²) in [7, 11) is 0. The van der Waals surface area contributed by atoms with E-state index in [1.54, 1.807) is 36.4 Å². The molecule has 2 aromatic rings. The van der Waals surface area contributed by atoms with Crippen LogP contribution in [0.5, 0.6) is 0 Å². The first-order valence-corrected chi connectivity index (χ1v) is 8.30. The summed E-state index contributed by atoms with van der Waals surface area (Å²) < 4.78 is 5.15. The fourth-order valence-corrected chi connectivity index (χ4v) is 2.60. The average molecular weight is 381 g/mol. The molecule has 0 heterocycles. The van der Waals surface area contributed by atoms with E-state index < -0.39 is 0 Å². The minimum atomic E-state index is -0.346. The lowest BCUT2D eigenvalue weighted by atomic mass is 10.2. The number of nitrogens with one attached hydrogen (secondary N) is 2. The highest BCUT2D eigenvalue weighted by Gasteiger charge is 2.09. The Bertz CT molecular complexity index is 728. The molecule has 0 aromatic heterocycles. The molecule has 2 aromatic carbocycles. The zero-order chi connectivity index (χ0) is 18.4. The highest BCUT2D eigenvalue weighted by atomic mass is 35.5. The number of carbonyl (C=O) groups excluding carboxylic acids is 2. The second-order valence-corrected chi connectivity index (χ2v) is 6.38. The Morgan fingerprint density at radius 2 is 1.24 bits per heavy atom. The van der Waals surface area contributed by atoms with Crippen molar-refractivity contribution in [2.75, 3.05) is 23.8 Å². The van der Waals surface area contributed by atoms with Crippen LogP contribution < -0.4 is 10.6 Å². The standard InChI is InChI=1S/C18H18Cl2N2O3/c1-11-7-13(19)3-5-15(11)21-17(23)9-25-10-18(24)22-16-6-4-14(20)8-12(16)2/h3-8H,9-10H2,1-2H3,(H,21,23)(H,22,24). The fraction of sp³-hybridized carbons (Fsp3) is 0.222. The van der Waals surface area contributed by atoms with Gasteiger partial charge in [-0.25, -0.2) is 0 Å². The number of rotatable bonds is 6. The van der Waals surface area contributed by atoms with Gasteiger partial charge in [0.1, 0.15) is 13.2 Å². The third-order valence-electron chi connectivity index (χ3n) is 3.39. The van der Waals surface area contributed by atoms with Crippen LogP contribution in [0.1, 0.15) is 11.1 Å². The van der Waals surface area contributed by atoms with E-state index in [0.717, 1.165) is 11.1 Å². The summed E-state index contributed by atoms with van der Waals surface area (Å²) in [6, 6.07) is 10.3. The molecular formula is C18H18Cl2N2O3. The van der Waals surface area contributed by atoms with E-state index in [9.17, 15) is 9.59 Å². The van der Waals surface area contributed by atoms with E-state index in [1.165, 1.54) is 0 Å². The SMILES string of the molecule is Cc1cc(Cl)ccc1NC(=O)COCC(=O)Nc1ccc(Cl)cc1C. The first-order valence-electron chi connectivity index (χ1n) is 7.55. The Labute approximate surface area is 156 Å². The van der Waals surface area contributed by atoms with Crippen LogP contribution >= 0.6 is 23.2 Å². The lowest BCUT2D eigenvalue weighted by Gasteiger charge is -2.10. The average Bonchev–Trinajstić information content (AvgIpc) is 2.53. The van der Waals surface area contributed by atoms with E-state index in [1.807, 2.05) is 13.8 Å². The molecule has 0 fully saturated rings. The Morgan fingerprint density at radius 3 is 1.60 bits per heavy atom. The lowest BCUT2D eigenvalue weighted by Crippen LogP contribution is -2.24. The maximum atomic E-state index is 11.9. The summed E-state index contributed by atoms with van der Waals surface area (Å²) in [4.78, 5) is 23.7. The summed E-state index contributed by atoms with van der Waals surface area (Å²) >= 11 is 11.7. The van der Waals surface area contributed by atoms with Gasteiger partial charge in [-0.15, -0.1) is 0 Å². The van der Waals surface area contributed by atoms with Crippen molar-refractivity contribution >= 4 is 46.4 Å². The van der Waals surface area contributed by atoms with Gasteiger partial charge in [0.25, 0.3) is 0 Å². The van der Waals surface area contributed by atoms with Gasteiger partial charge in [-0.3, -0.25) is 9.59 Å². The fourth-order valence-electron chi connectivity index (χ4n) is 2.14. The molecule has 25 heavy (non-hydrogen) atoms. The van der Waals surface area contributed by atoms with Gasteiger partial charge >= 0.3 is 0 Å². The zero-order valence-corrected chi connectivity index (χ0v) is 15.4. The molecule has 0 spiro atoms. The number of halogens is 2. The van der Waals surface area contributed by atoms with E-state index >= 15 is 0 Å². The Kier molecular flexibility index (Phi) is 6.82. The van der Waals surface area contributed by atoms with Gasteiger partial charge in [-0.2, -0.15) is 0 Å². The number of anilines is 2. The van der Waals surface area contributed by atoms with E-state index in [-0.39, 0.29) is 25.0 Å². The van der Waals surface area contributed by atoms with Crippen molar-refractivity contribution in [1.82, 2.24) is 0 Å². The van der Waals surface area contributed by atoms with Crippen LogP contribution in [-0.2, 0) is 14.3 Å². The van der Waals surface area contributed by atoms with Crippen LogP contribution in [0.25, 0.3) is 0 Å². The van der Waals surface area contributed by atoms with Crippen molar-refractivity contribution in [3.8, 4) is 0 Å². The minimum absolute atomic E-state index is 0.227. The van der Waals surface area contributed by atoms with Gasteiger partial charge in [-0.1, -0.05) is 23.2 Å². The lowest BCUT2D eigenvalue weighted by molar-refractivity contribution is -0.125. The number of aryl methyl sites for hydroxylation is 2. The summed E-state index contributed by atoms with van der Waals surface area (Å²) in [6.45, 7) is 3.22. The van der Waals surface area contributed by atoms with Crippen LogP contribution in [0.2, 0.25) is 10.0 Å².